The molecule has 0 radical (unpaired) electrons. The van der Waals surface area contributed by atoms with E-state index in [0.29, 0.717) is 17.9 Å². The van der Waals surface area contributed by atoms with Crippen molar-refractivity contribution < 1.29 is 13.6 Å². The van der Waals surface area contributed by atoms with Crippen LogP contribution in [0.4, 0.5) is 14.5 Å². The second-order valence-corrected chi connectivity index (χ2v) is 6.33. The van der Waals surface area contributed by atoms with Gasteiger partial charge in [-0.1, -0.05) is 40.7 Å². The molecule has 3 rings (SSSR count). The van der Waals surface area contributed by atoms with Crippen LogP contribution in [-0.2, 0) is 11.4 Å². The van der Waals surface area contributed by atoms with E-state index in [1.54, 1.807) is 29.1 Å². The van der Waals surface area contributed by atoms with Gasteiger partial charge in [0.15, 0.2) is 0 Å². The van der Waals surface area contributed by atoms with Crippen molar-refractivity contribution in [2.45, 2.75) is 26.9 Å². The fourth-order valence-electron chi connectivity index (χ4n) is 2.75. The van der Waals surface area contributed by atoms with E-state index in [9.17, 15) is 8.78 Å². The van der Waals surface area contributed by atoms with Gasteiger partial charge in [-0.2, -0.15) is 0 Å². The Balaban J connectivity index is 1.74. The Bertz CT molecular complexity index is 869. The highest BCUT2D eigenvalue weighted by atomic mass is 19.3. The molecule has 0 atom stereocenters. The molecule has 0 amide bonds. The lowest BCUT2D eigenvalue weighted by atomic mass is 10.1. The maximum absolute atomic E-state index is 12.9. The van der Waals surface area contributed by atoms with Gasteiger partial charge in [0.1, 0.15) is 13.3 Å². The van der Waals surface area contributed by atoms with Gasteiger partial charge in [0.05, 0.1) is 11.4 Å². The lowest BCUT2D eigenvalue weighted by Crippen LogP contribution is -2.22. The molecule has 142 valence electrons. The first-order valence-electron chi connectivity index (χ1n) is 8.49. The molecule has 8 heteroatoms. The van der Waals surface area contributed by atoms with Crippen molar-refractivity contribution in [1.82, 2.24) is 5.01 Å². The average Bonchev–Trinajstić information content (AvgIpc) is 3.09. The van der Waals surface area contributed by atoms with E-state index in [-0.39, 0.29) is 12.2 Å². The number of benzene rings is 2. The summed E-state index contributed by atoms with van der Waals surface area (Å²) in [5, 5.41) is 15.7. The van der Waals surface area contributed by atoms with Gasteiger partial charge >= 0.3 is 0 Å². The summed E-state index contributed by atoms with van der Waals surface area (Å²) in [4.78, 5) is 5.53. The van der Waals surface area contributed by atoms with Crippen LogP contribution >= 0.6 is 0 Å². The maximum atomic E-state index is 12.9. The monoisotopic (exact) mass is 373 g/mol. The molecule has 1 aliphatic heterocycles. The standard InChI is InChI=1S/C19H21F2N5O/c1-13-6-4-9-18(26-12-25(3)23-24-26)17(13)11-27-22-14(2)15-7-5-8-16(10-15)19(20)21/h4-10,19H,11-12H2,1-3H3. The summed E-state index contributed by atoms with van der Waals surface area (Å²) >= 11 is 0. The number of nitrogens with zero attached hydrogens (tertiary/aromatic N) is 5. The minimum Gasteiger partial charge on any atom is -0.391 e. The van der Waals surface area contributed by atoms with Gasteiger partial charge in [0, 0.05) is 18.2 Å². The third-order valence-corrected chi connectivity index (χ3v) is 4.27. The highest BCUT2D eigenvalue weighted by Crippen LogP contribution is 2.27. The number of alkyl halides is 2. The van der Waals surface area contributed by atoms with Crippen LogP contribution in [0.3, 0.4) is 0 Å². The van der Waals surface area contributed by atoms with Crippen LogP contribution in [0.25, 0.3) is 0 Å². The molecule has 2 aromatic carbocycles. The Morgan fingerprint density at radius 2 is 2.00 bits per heavy atom. The van der Waals surface area contributed by atoms with Gasteiger partial charge in [-0.3, -0.25) is 5.01 Å². The second kappa shape index (κ2) is 8.11. The molecule has 1 heterocycles. The SMILES string of the molecule is CC(=NOCc1c(C)cccc1N1CN(C)N=N1)c1cccc(C(F)F)c1. The number of hydrogen-bond acceptors (Lipinski definition) is 6. The quantitative estimate of drug-likeness (QED) is 0.536. The van der Waals surface area contributed by atoms with Gasteiger partial charge in [0.2, 0.25) is 0 Å². The summed E-state index contributed by atoms with van der Waals surface area (Å²) in [7, 11) is 1.84. The maximum Gasteiger partial charge on any atom is 0.263 e. The Kier molecular flexibility index (Phi) is 5.63. The van der Waals surface area contributed by atoms with Crippen LogP contribution in [0.2, 0.25) is 0 Å². The lowest BCUT2D eigenvalue weighted by molar-refractivity contribution is 0.130. The van der Waals surface area contributed by atoms with Gasteiger partial charge in [0.25, 0.3) is 6.43 Å². The number of oxime groups is 1. The summed E-state index contributed by atoms with van der Waals surface area (Å²) in [6.07, 6.45) is -2.51. The number of hydrogen-bond donors (Lipinski definition) is 0. The molecule has 0 aromatic heterocycles. The number of halogens is 2. The predicted molar refractivity (Wildman–Crippen MR) is 99.5 cm³/mol. The van der Waals surface area contributed by atoms with Crippen LogP contribution in [0, 0.1) is 6.92 Å². The average molecular weight is 373 g/mol. The van der Waals surface area contributed by atoms with E-state index in [1.807, 2.05) is 32.2 Å². The molecule has 0 aliphatic carbocycles. The first kappa shape index (κ1) is 18.8. The van der Waals surface area contributed by atoms with Crippen LogP contribution < -0.4 is 5.01 Å². The zero-order chi connectivity index (χ0) is 19.4. The molecule has 0 unspecified atom stereocenters. The minimum atomic E-state index is -2.51. The van der Waals surface area contributed by atoms with Crippen LogP contribution in [0.15, 0.2) is 58.1 Å². The van der Waals surface area contributed by atoms with Crippen molar-refractivity contribution in [2.75, 3.05) is 18.7 Å². The summed E-state index contributed by atoms with van der Waals surface area (Å²) in [5.41, 5.74) is 4.00. The summed E-state index contributed by atoms with van der Waals surface area (Å²) in [6, 6.07) is 12.0. The predicted octanol–water partition coefficient (Wildman–Crippen LogP) is 4.86. The van der Waals surface area contributed by atoms with Crippen LogP contribution in [-0.4, -0.2) is 24.4 Å². The third-order valence-electron chi connectivity index (χ3n) is 4.27. The molecule has 0 spiro atoms. The largest absolute Gasteiger partial charge is 0.391 e. The fourth-order valence-corrected chi connectivity index (χ4v) is 2.75. The van der Waals surface area contributed by atoms with Crippen LogP contribution in [0.5, 0.6) is 0 Å². The Labute approximate surface area is 156 Å². The highest BCUT2D eigenvalue weighted by molar-refractivity contribution is 5.98. The third kappa shape index (κ3) is 4.39. The number of aryl methyl sites for hydroxylation is 1. The topological polar surface area (TPSA) is 52.8 Å². The van der Waals surface area contributed by atoms with E-state index in [1.165, 1.54) is 12.1 Å². The molecule has 27 heavy (non-hydrogen) atoms. The zero-order valence-corrected chi connectivity index (χ0v) is 15.4. The Hall–Kier alpha value is -3.03. The summed E-state index contributed by atoms with van der Waals surface area (Å²) in [6.45, 7) is 4.51. The molecule has 0 N–H and O–H groups in total. The van der Waals surface area contributed by atoms with Gasteiger partial charge in [-0.15, -0.1) is 0 Å². The van der Waals surface area contributed by atoms with Crippen molar-refractivity contribution in [3.8, 4) is 0 Å². The van der Waals surface area contributed by atoms with Crippen molar-refractivity contribution in [3.63, 3.8) is 0 Å². The fraction of sp³-hybridized carbons (Fsp3) is 0.316. The molecule has 0 bridgehead atoms. The highest BCUT2D eigenvalue weighted by Gasteiger charge is 2.18. The van der Waals surface area contributed by atoms with E-state index in [4.69, 9.17) is 4.84 Å². The molecule has 1 aliphatic rings. The molecular weight excluding hydrogens is 352 g/mol. The normalized spacial score (nSPS) is 14.4. The first-order valence-corrected chi connectivity index (χ1v) is 8.49. The zero-order valence-electron chi connectivity index (χ0n) is 15.4. The van der Waals surface area contributed by atoms with Crippen molar-refractivity contribution in [2.24, 2.45) is 15.6 Å². The van der Waals surface area contributed by atoms with E-state index in [2.05, 4.69) is 15.6 Å². The molecule has 0 fully saturated rings. The Morgan fingerprint density at radius 1 is 1.22 bits per heavy atom. The first-order chi connectivity index (χ1) is 13.0. The number of rotatable bonds is 6. The Morgan fingerprint density at radius 3 is 2.70 bits per heavy atom. The number of anilines is 1. The molecule has 2 aromatic rings. The van der Waals surface area contributed by atoms with Gasteiger partial charge in [-0.25, -0.2) is 13.8 Å². The van der Waals surface area contributed by atoms with Gasteiger partial charge in [-0.05, 0) is 42.3 Å². The van der Waals surface area contributed by atoms with Crippen molar-refractivity contribution >= 4 is 11.4 Å². The lowest BCUT2D eigenvalue weighted by Gasteiger charge is -2.18. The molecule has 0 saturated carbocycles. The van der Waals surface area contributed by atoms with Crippen LogP contribution in [0.1, 0.15) is 35.6 Å². The van der Waals surface area contributed by atoms with E-state index < -0.39 is 6.43 Å². The van der Waals surface area contributed by atoms with E-state index in [0.717, 1.165) is 16.8 Å². The molecule has 0 saturated heterocycles. The molecular formula is C19H21F2N5O. The summed E-state index contributed by atoms with van der Waals surface area (Å²) < 4.78 is 25.7. The minimum absolute atomic E-state index is 0.0354. The van der Waals surface area contributed by atoms with Gasteiger partial charge < -0.3 is 4.84 Å². The second-order valence-electron chi connectivity index (χ2n) is 6.33. The van der Waals surface area contributed by atoms with Crippen molar-refractivity contribution in [3.05, 3.63) is 64.7 Å². The van der Waals surface area contributed by atoms with Crippen molar-refractivity contribution in [1.29, 1.82) is 0 Å². The smallest absolute Gasteiger partial charge is 0.263 e. The summed E-state index contributed by atoms with van der Waals surface area (Å²) in [5.74, 6) is 0. The van der Waals surface area contributed by atoms with E-state index >= 15 is 0 Å². The molecule has 6 nitrogen and oxygen atoms in total.